The number of aromatic nitrogens is 1. The fourth-order valence-corrected chi connectivity index (χ4v) is 5.67. The van der Waals surface area contributed by atoms with Crippen molar-refractivity contribution >= 4 is 44.0 Å². The van der Waals surface area contributed by atoms with E-state index in [1.54, 1.807) is 0 Å². The third-order valence-corrected chi connectivity index (χ3v) is 7.50. The van der Waals surface area contributed by atoms with Crippen molar-refractivity contribution < 1.29 is 9.47 Å². The number of fused-ring (bicyclic) bond motifs is 8. The lowest BCUT2D eigenvalue weighted by Gasteiger charge is -2.23. The Hall–Kier alpha value is -5.55. The first-order valence-corrected chi connectivity index (χ1v) is 13.2. The maximum absolute atomic E-state index is 8.73. The highest BCUT2D eigenvalue weighted by molar-refractivity contribution is 6.22. The molecule has 0 bridgehead atoms. The first-order chi connectivity index (χ1) is 19.8. The maximum atomic E-state index is 8.73. The van der Waals surface area contributed by atoms with Gasteiger partial charge in [0.2, 0.25) is 0 Å². The average molecular weight is 518 g/mol. The first-order valence-electron chi connectivity index (χ1n) is 13.2. The van der Waals surface area contributed by atoms with Crippen LogP contribution in [-0.4, -0.2) is 10.4 Å². The van der Waals surface area contributed by atoms with Crippen molar-refractivity contribution in [3.8, 4) is 23.0 Å². The highest BCUT2D eigenvalue weighted by Crippen LogP contribution is 2.50. The van der Waals surface area contributed by atoms with Crippen LogP contribution in [-0.2, 0) is 0 Å². The minimum Gasteiger partial charge on any atom is -0.449 e. The van der Waals surface area contributed by atoms with Crippen LogP contribution in [0.5, 0.6) is 23.0 Å². The molecule has 5 nitrogen and oxygen atoms in total. The van der Waals surface area contributed by atoms with E-state index in [1.807, 2.05) is 72.8 Å². The molecular formula is C35H23N3O2. The molecule has 1 aliphatic heterocycles. The van der Waals surface area contributed by atoms with Gasteiger partial charge < -0.3 is 14.9 Å². The van der Waals surface area contributed by atoms with Gasteiger partial charge in [0.25, 0.3) is 0 Å². The van der Waals surface area contributed by atoms with Crippen LogP contribution in [0.3, 0.4) is 0 Å². The fourth-order valence-electron chi connectivity index (χ4n) is 5.67. The normalized spacial score (nSPS) is 15.1. The first kappa shape index (κ1) is 22.4. The summed E-state index contributed by atoms with van der Waals surface area (Å²) in [5.74, 6) is 2.67. The lowest BCUT2D eigenvalue weighted by molar-refractivity contribution is 0.362. The molecule has 0 saturated heterocycles. The molecule has 0 fully saturated rings. The van der Waals surface area contributed by atoms with E-state index in [9.17, 15) is 0 Å². The number of para-hydroxylation sites is 2. The quantitative estimate of drug-likeness (QED) is 0.246. The van der Waals surface area contributed by atoms with Gasteiger partial charge in [0.1, 0.15) is 5.52 Å². The highest BCUT2D eigenvalue weighted by atomic mass is 16.6. The van der Waals surface area contributed by atoms with Gasteiger partial charge in [0.05, 0.1) is 16.9 Å². The van der Waals surface area contributed by atoms with Crippen molar-refractivity contribution in [3.63, 3.8) is 0 Å². The second-order valence-corrected chi connectivity index (χ2v) is 9.85. The highest BCUT2D eigenvalue weighted by Gasteiger charge is 2.26. The number of nitrogens with one attached hydrogen (secondary N) is 2. The fraction of sp³-hybridized carbons (Fsp3) is 0. The van der Waals surface area contributed by atoms with Crippen molar-refractivity contribution in [3.05, 3.63) is 139 Å². The Morgan fingerprint density at radius 3 is 2.25 bits per heavy atom. The number of benzene rings is 5. The molecule has 5 aromatic carbocycles. The Morgan fingerprint density at radius 1 is 0.650 bits per heavy atom. The maximum Gasteiger partial charge on any atom is 0.196 e. The lowest BCUT2D eigenvalue weighted by atomic mass is 9.99. The number of hydrogen-bond acceptors (Lipinski definition) is 4. The summed E-state index contributed by atoms with van der Waals surface area (Å²) in [5.41, 5.74) is 8.65. The molecule has 1 aliphatic carbocycles. The summed E-state index contributed by atoms with van der Waals surface area (Å²) in [6.07, 6.45) is 7.65. The van der Waals surface area contributed by atoms with Gasteiger partial charge in [0, 0.05) is 21.9 Å². The zero-order valence-electron chi connectivity index (χ0n) is 21.4. The smallest absolute Gasteiger partial charge is 0.196 e. The Kier molecular flexibility index (Phi) is 4.91. The molecule has 0 saturated carbocycles. The van der Waals surface area contributed by atoms with Crippen molar-refractivity contribution in [2.75, 3.05) is 5.43 Å². The summed E-state index contributed by atoms with van der Waals surface area (Å²) in [7, 11) is 0. The average Bonchev–Trinajstić information content (AvgIpc) is 3.34. The second kappa shape index (κ2) is 8.75. The van der Waals surface area contributed by atoms with Gasteiger partial charge in [-0.3, -0.25) is 10.1 Å². The van der Waals surface area contributed by atoms with E-state index >= 15 is 0 Å². The van der Waals surface area contributed by atoms with Crippen molar-refractivity contribution in [2.45, 2.75) is 0 Å². The van der Waals surface area contributed by atoms with Gasteiger partial charge >= 0.3 is 0 Å². The second-order valence-electron chi connectivity index (χ2n) is 9.85. The SMILES string of the molecule is N=C1C=CC=C/C1=C(/Nn1c2ccc3ccccc3c2c2ccc3c(c21)Oc1ccccc1O3)c1ccccc1. The van der Waals surface area contributed by atoms with Gasteiger partial charge in [0.15, 0.2) is 23.0 Å². The molecule has 5 heteroatoms. The lowest BCUT2D eigenvalue weighted by Crippen LogP contribution is -2.18. The van der Waals surface area contributed by atoms with Gasteiger partial charge in [-0.15, -0.1) is 0 Å². The van der Waals surface area contributed by atoms with E-state index in [1.165, 1.54) is 0 Å². The number of hydrogen-bond donors (Lipinski definition) is 2. The number of nitrogens with zero attached hydrogens (tertiary/aromatic N) is 1. The Balaban J connectivity index is 1.46. The van der Waals surface area contributed by atoms with Crippen LogP contribution in [0.15, 0.2) is 133 Å². The topological polar surface area (TPSA) is 59.3 Å². The largest absolute Gasteiger partial charge is 0.449 e. The summed E-state index contributed by atoms with van der Waals surface area (Å²) >= 11 is 0. The van der Waals surface area contributed by atoms with Crippen molar-refractivity contribution in [1.82, 2.24) is 4.68 Å². The van der Waals surface area contributed by atoms with E-state index in [4.69, 9.17) is 14.9 Å². The van der Waals surface area contributed by atoms with Gasteiger partial charge in [-0.1, -0.05) is 91.0 Å². The Labute approximate surface area is 230 Å². The zero-order chi connectivity index (χ0) is 26.6. The predicted molar refractivity (Wildman–Crippen MR) is 162 cm³/mol. The molecule has 190 valence electrons. The summed E-state index contributed by atoms with van der Waals surface area (Å²) in [5, 5.41) is 13.2. The van der Waals surface area contributed by atoms with Crippen LogP contribution in [0.1, 0.15) is 5.56 Å². The predicted octanol–water partition coefficient (Wildman–Crippen LogP) is 8.95. The number of ether oxygens (including phenoxy) is 2. The van der Waals surface area contributed by atoms with Crippen molar-refractivity contribution in [1.29, 1.82) is 5.41 Å². The third-order valence-electron chi connectivity index (χ3n) is 7.50. The van der Waals surface area contributed by atoms with Gasteiger partial charge in [-0.25, -0.2) is 0 Å². The van der Waals surface area contributed by atoms with E-state index in [2.05, 4.69) is 64.7 Å². The molecule has 8 rings (SSSR count). The molecule has 2 heterocycles. The molecule has 2 aliphatic rings. The van der Waals surface area contributed by atoms with Crippen LogP contribution in [0.25, 0.3) is 38.3 Å². The summed E-state index contributed by atoms with van der Waals surface area (Å²) < 4.78 is 15.0. The molecule has 0 atom stereocenters. The standard InChI is InChI=1S/C35H23N3O2/c36-27-15-7-6-14-25(27)33(23-11-2-1-3-12-23)37-38-28-20-18-22-10-4-5-13-24(22)32(28)26-19-21-31-35(34(26)38)40-30-17-9-8-16-29(30)39-31/h1-21,36-37H/b33-25-,36-27?. The summed E-state index contributed by atoms with van der Waals surface area (Å²) in [6, 6.07) is 34.7. The minimum absolute atomic E-state index is 0.440. The van der Waals surface area contributed by atoms with E-state index in [-0.39, 0.29) is 0 Å². The van der Waals surface area contributed by atoms with Crippen LogP contribution in [0.4, 0.5) is 0 Å². The van der Waals surface area contributed by atoms with Gasteiger partial charge in [-0.2, -0.15) is 0 Å². The molecule has 2 N–H and O–H groups in total. The van der Waals surface area contributed by atoms with Crippen LogP contribution < -0.4 is 14.9 Å². The monoisotopic (exact) mass is 517 g/mol. The van der Waals surface area contributed by atoms with E-state index in [0.29, 0.717) is 28.7 Å². The molecule has 0 radical (unpaired) electrons. The Morgan fingerprint density at radius 2 is 1.40 bits per heavy atom. The number of allylic oxidation sites excluding steroid dienone is 5. The molecule has 0 amide bonds. The van der Waals surface area contributed by atoms with E-state index in [0.717, 1.165) is 49.4 Å². The summed E-state index contributed by atoms with van der Waals surface area (Å²) in [6.45, 7) is 0. The number of rotatable bonds is 3. The van der Waals surface area contributed by atoms with Gasteiger partial charge in [-0.05, 0) is 47.2 Å². The molecule has 1 aromatic heterocycles. The molecule has 6 aromatic rings. The zero-order valence-corrected chi connectivity index (χ0v) is 21.4. The van der Waals surface area contributed by atoms with Crippen LogP contribution in [0, 0.1) is 5.41 Å². The molecule has 40 heavy (non-hydrogen) atoms. The van der Waals surface area contributed by atoms with Crippen LogP contribution in [0.2, 0.25) is 0 Å². The molecule has 0 unspecified atom stereocenters. The van der Waals surface area contributed by atoms with Crippen molar-refractivity contribution in [2.24, 2.45) is 0 Å². The molecular weight excluding hydrogens is 494 g/mol. The minimum atomic E-state index is 0.440. The third kappa shape index (κ3) is 3.38. The summed E-state index contributed by atoms with van der Waals surface area (Å²) in [4.78, 5) is 0. The van der Waals surface area contributed by atoms with E-state index < -0.39 is 0 Å². The molecule has 0 spiro atoms. The Bertz CT molecular complexity index is 2100. The van der Waals surface area contributed by atoms with Crippen LogP contribution >= 0.6 is 0 Å².